The zero-order valence-corrected chi connectivity index (χ0v) is 10.8. The third-order valence-corrected chi connectivity index (χ3v) is 4.93. The summed E-state index contributed by atoms with van der Waals surface area (Å²) in [6.45, 7) is 0. The first-order chi connectivity index (χ1) is 8.41. The number of carbonyl (C=O) groups excluding carboxylic acids is 1. The molecule has 1 aliphatic rings. The summed E-state index contributed by atoms with van der Waals surface area (Å²) in [6.07, 6.45) is 0.416. The lowest BCUT2D eigenvalue weighted by molar-refractivity contribution is 0.0743. The largest absolute Gasteiger partial charge is 0.338 e. The average molecular weight is 271 g/mol. The topological polar surface area (TPSA) is 54.5 Å². The van der Waals surface area contributed by atoms with Crippen LogP contribution in [0.25, 0.3) is 0 Å². The van der Waals surface area contributed by atoms with Crippen molar-refractivity contribution >= 4 is 15.7 Å². The molecule has 1 aromatic rings. The summed E-state index contributed by atoms with van der Waals surface area (Å²) >= 11 is 0. The molecule has 2 rings (SSSR count). The molecule has 0 bridgehead atoms. The minimum absolute atomic E-state index is 0.0238. The Kier molecular flexibility index (Phi) is 3.38. The molecule has 1 atom stereocenters. The van der Waals surface area contributed by atoms with Crippen LogP contribution in [0.2, 0.25) is 0 Å². The predicted molar refractivity (Wildman–Crippen MR) is 65.6 cm³/mol. The molecule has 0 aliphatic carbocycles. The van der Waals surface area contributed by atoms with Gasteiger partial charge < -0.3 is 4.90 Å². The lowest BCUT2D eigenvalue weighted by atomic mass is 10.1. The van der Waals surface area contributed by atoms with Crippen LogP contribution < -0.4 is 0 Å². The van der Waals surface area contributed by atoms with Crippen LogP contribution in [0.15, 0.2) is 24.3 Å². The zero-order valence-electron chi connectivity index (χ0n) is 9.97. The van der Waals surface area contributed by atoms with Crippen molar-refractivity contribution in [3.8, 4) is 0 Å². The zero-order chi connectivity index (χ0) is 13.3. The maximum Gasteiger partial charge on any atom is 0.256 e. The van der Waals surface area contributed by atoms with Gasteiger partial charge in [-0.2, -0.15) is 0 Å². The van der Waals surface area contributed by atoms with Crippen molar-refractivity contribution in [1.29, 1.82) is 0 Å². The molecule has 0 spiro atoms. The van der Waals surface area contributed by atoms with Gasteiger partial charge in [-0.25, -0.2) is 12.8 Å². The number of rotatable bonds is 2. The Bertz CT molecular complexity index is 570. The van der Waals surface area contributed by atoms with E-state index in [0.29, 0.717) is 6.42 Å². The van der Waals surface area contributed by atoms with E-state index in [1.165, 1.54) is 30.1 Å². The van der Waals surface area contributed by atoms with Crippen molar-refractivity contribution in [1.82, 2.24) is 4.90 Å². The van der Waals surface area contributed by atoms with E-state index in [-0.39, 0.29) is 23.1 Å². The van der Waals surface area contributed by atoms with Crippen molar-refractivity contribution in [2.24, 2.45) is 0 Å². The van der Waals surface area contributed by atoms with Crippen molar-refractivity contribution in [2.75, 3.05) is 18.6 Å². The molecule has 1 amide bonds. The molecular weight excluding hydrogens is 257 g/mol. The number of carbonyl (C=O) groups is 1. The molecule has 1 saturated heterocycles. The Morgan fingerprint density at radius 1 is 1.39 bits per heavy atom. The molecular formula is C12H14FNO3S. The van der Waals surface area contributed by atoms with Gasteiger partial charge in [0.15, 0.2) is 9.84 Å². The van der Waals surface area contributed by atoms with Crippen LogP contribution >= 0.6 is 0 Å². The number of hydrogen-bond acceptors (Lipinski definition) is 3. The molecule has 0 unspecified atom stereocenters. The fraction of sp³-hybridized carbons (Fsp3) is 0.417. The van der Waals surface area contributed by atoms with Gasteiger partial charge in [0.05, 0.1) is 17.1 Å². The van der Waals surface area contributed by atoms with Crippen LogP contribution in [0.5, 0.6) is 0 Å². The van der Waals surface area contributed by atoms with Crippen molar-refractivity contribution < 1.29 is 17.6 Å². The van der Waals surface area contributed by atoms with Crippen molar-refractivity contribution in [3.05, 3.63) is 35.6 Å². The van der Waals surface area contributed by atoms with E-state index in [9.17, 15) is 17.6 Å². The molecule has 0 N–H and O–H groups in total. The number of benzene rings is 1. The van der Waals surface area contributed by atoms with Gasteiger partial charge in [-0.1, -0.05) is 12.1 Å². The molecule has 0 saturated carbocycles. The summed E-state index contributed by atoms with van der Waals surface area (Å²) < 4.78 is 36.2. The second-order valence-corrected chi connectivity index (χ2v) is 6.68. The Morgan fingerprint density at radius 2 is 2.06 bits per heavy atom. The number of nitrogens with zero attached hydrogens (tertiary/aromatic N) is 1. The summed E-state index contributed by atoms with van der Waals surface area (Å²) in [7, 11) is -1.54. The molecule has 18 heavy (non-hydrogen) atoms. The van der Waals surface area contributed by atoms with Gasteiger partial charge in [0, 0.05) is 13.1 Å². The Morgan fingerprint density at radius 3 is 2.61 bits per heavy atom. The Balaban J connectivity index is 2.18. The van der Waals surface area contributed by atoms with E-state index in [4.69, 9.17) is 0 Å². The number of sulfone groups is 1. The number of hydrogen-bond donors (Lipinski definition) is 0. The Labute approximate surface area is 105 Å². The first-order valence-corrected chi connectivity index (χ1v) is 7.45. The molecule has 1 fully saturated rings. The Hall–Kier alpha value is -1.43. The SMILES string of the molecule is CN(C(=O)c1ccccc1F)[C@@H]1CCS(=O)(=O)C1. The normalized spacial score (nSPS) is 21.8. The van der Waals surface area contributed by atoms with Gasteiger partial charge in [-0.3, -0.25) is 4.79 Å². The fourth-order valence-corrected chi connectivity index (χ4v) is 3.85. The molecule has 98 valence electrons. The predicted octanol–water partition coefficient (Wildman–Crippen LogP) is 1.08. The summed E-state index contributed by atoms with van der Waals surface area (Å²) in [5.41, 5.74) is -0.0238. The minimum Gasteiger partial charge on any atom is -0.338 e. The summed E-state index contributed by atoms with van der Waals surface area (Å²) in [6, 6.07) is 5.34. The van der Waals surface area contributed by atoms with Gasteiger partial charge >= 0.3 is 0 Å². The second kappa shape index (κ2) is 4.68. The molecule has 1 heterocycles. The molecule has 6 heteroatoms. The quantitative estimate of drug-likeness (QED) is 0.809. The maximum absolute atomic E-state index is 13.5. The van der Waals surface area contributed by atoms with E-state index in [1.807, 2.05) is 0 Å². The van der Waals surface area contributed by atoms with E-state index in [2.05, 4.69) is 0 Å². The van der Waals surface area contributed by atoms with Crippen LogP contribution in [-0.4, -0.2) is 43.8 Å². The first kappa shape index (κ1) is 13.0. The average Bonchev–Trinajstić information content (AvgIpc) is 2.68. The third-order valence-electron chi connectivity index (χ3n) is 3.18. The molecule has 1 aliphatic heterocycles. The van der Waals surface area contributed by atoms with Crippen LogP contribution in [0.4, 0.5) is 4.39 Å². The van der Waals surface area contributed by atoms with Crippen LogP contribution in [-0.2, 0) is 9.84 Å². The monoisotopic (exact) mass is 271 g/mol. The summed E-state index contributed by atoms with van der Waals surface area (Å²) in [4.78, 5) is 13.4. The third kappa shape index (κ3) is 2.53. The van der Waals surface area contributed by atoms with Gasteiger partial charge in [-0.05, 0) is 18.6 Å². The highest BCUT2D eigenvalue weighted by Crippen LogP contribution is 2.19. The van der Waals surface area contributed by atoms with Crippen LogP contribution in [0.3, 0.4) is 0 Å². The smallest absolute Gasteiger partial charge is 0.256 e. The van der Waals surface area contributed by atoms with Gasteiger partial charge in [0.1, 0.15) is 5.82 Å². The van der Waals surface area contributed by atoms with E-state index in [0.717, 1.165) is 0 Å². The van der Waals surface area contributed by atoms with Gasteiger partial charge in [0.2, 0.25) is 0 Å². The highest BCUT2D eigenvalue weighted by molar-refractivity contribution is 7.91. The molecule has 1 aromatic carbocycles. The summed E-state index contributed by atoms with van der Waals surface area (Å²) in [5, 5.41) is 0. The maximum atomic E-state index is 13.5. The standard InChI is InChI=1S/C12H14FNO3S/c1-14(9-6-7-18(16,17)8-9)12(15)10-4-2-3-5-11(10)13/h2-5,9H,6-8H2,1H3/t9-/m1/s1. The van der Waals surface area contributed by atoms with Crippen LogP contribution in [0, 0.1) is 5.82 Å². The van der Waals surface area contributed by atoms with E-state index < -0.39 is 21.6 Å². The molecule has 0 radical (unpaired) electrons. The fourth-order valence-electron chi connectivity index (χ4n) is 2.07. The van der Waals surface area contributed by atoms with E-state index >= 15 is 0 Å². The summed E-state index contributed by atoms with van der Waals surface area (Å²) in [5.74, 6) is -1.01. The highest BCUT2D eigenvalue weighted by atomic mass is 32.2. The van der Waals surface area contributed by atoms with Crippen molar-refractivity contribution in [3.63, 3.8) is 0 Å². The van der Waals surface area contributed by atoms with Crippen molar-refractivity contribution in [2.45, 2.75) is 12.5 Å². The van der Waals surface area contributed by atoms with Crippen LogP contribution in [0.1, 0.15) is 16.8 Å². The number of amides is 1. The number of halogens is 1. The van der Waals surface area contributed by atoms with E-state index in [1.54, 1.807) is 6.07 Å². The van der Waals surface area contributed by atoms with Gasteiger partial charge in [-0.15, -0.1) is 0 Å². The molecule has 4 nitrogen and oxygen atoms in total. The first-order valence-electron chi connectivity index (χ1n) is 5.63. The lowest BCUT2D eigenvalue weighted by Crippen LogP contribution is -2.38. The van der Waals surface area contributed by atoms with Gasteiger partial charge in [0.25, 0.3) is 5.91 Å². The minimum atomic E-state index is -3.05. The highest BCUT2D eigenvalue weighted by Gasteiger charge is 2.33. The lowest BCUT2D eigenvalue weighted by Gasteiger charge is -2.23. The second-order valence-electron chi connectivity index (χ2n) is 4.45. The molecule has 0 aromatic heterocycles.